The van der Waals surface area contributed by atoms with Gasteiger partial charge in [0, 0.05) is 22.2 Å². The van der Waals surface area contributed by atoms with Gasteiger partial charge in [0.25, 0.3) is 0 Å². The number of hydrogen-bond acceptors (Lipinski definition) is 4. The Labute approximate surface area is 126 Å². The summed E-state index contributed by atoms with van der Waals surface area (Å²) in [6.07, 6.45) is 3.22. The molecule has 3 nitrogen and oxygen atoms in total. The lowest BCUT2D eigenvalue weighted by Gasteiger charge is -2.11. The quantitative estimate of drug-likeness (QED) is 0.769. The molecule has 0 atom stereocenters. The minimum Gasteiger partial charge on any atom is -0.321 e. The SMILES string of the molecule is Fc1cccc(Sc2ccccc2)c1Nc1ncccn1. The van der Waals surface area contributed by atoms with Crippen molar-refractivity contribution in [3.8, 4) is 0 Å². The highest BCUT2D eigenvalue weighted by molar-refractivity contribution is 7.99. The van der Waals surface area contributed by atoms with Gasteiger partial charge in [-0.1, -0.05) is 36.0 Å². The molecule has 1 heterocycles. The summed E-state index contributed by atoms with van der Waals surface area (Å²) in [4.78, 5) is 9.96. The van der Waals surface area contributed by atoms with Gasteiger partial charge in [0.15, 0.2) is 0 Å². The minimum absolute atomic E-state index is 0.330. The van der Waals surface area contributed by atoms with Crippen LogP contribution >= 0.6 is 11.8 Å². The maximum absolute atomic E-state index is 14.1. The van der Waals surface area contributed by atoms with Crippen LogP contribution in [0.5, 0.6) is 0 Å². The topological polar surface area (TPSA) is 37.8 Å². The third kappa shape index (κ3) is 3.38. The molecule has 0 saturated carbocycles. The van der Waals surface area contributed by atoms with Crippen molar-refractivity contribution in [2.45, 2.75) is 9.79 Å². The Bertz CT molecular complexity index is 720. The van der Waals surface area contributed by atoms with Gasteiger partial charge >= 0.3 is 0 Å². The van der Waals surface area contributed by atoms with Crippen LogP contribution in [0.15, 0.2) is 76.8 Å². The summed E-state index contributed by atoms with van der Waals surface area (Å²) in [5, 5.41) is 2.94. The molecule has 0 aliphatic heterocycles. The van der Waals surface area contributed by atoms with Crippen LogP contribution in [0.3, 0.4) is 0 Å². The Balaban J connectivity index is 1.92. The fraction of sp³-hybridized carbons (Fsp3) is 0. The van der Waals surface area contributed by atoms with Crippen LogP contribution in [-0.2, 0) is 0 Å². The summed E-state index contributed by atoms with van der Waals surface area (Å²) in [6, 6.07) is 16.5. The highest BCUT2D eigenvalue weighted by Crippen LogP contribution is 2.35. The van der Waals surface area contributed by atoms with E-state index in [1.165, 1.54) is 17.8 Å². The van der Waals surface area contributed by atoms with Crippen molar-refractivity contribution < 1.29 is 4.39 Å². The molecule has 21 heavy (non-hydrogen) atoms. The lowest BCUT2D eigenvalue weighted by atomic mass is 10.3. The van der Waals surface area contributed by atoms with Crippen molar-refractivity contribution in [2.75, 3.05) is 5.32 Å². The number of halogens is 1. The number of para-hydroxylation sites is 1. The molecular formula is C16H12FN3S. The fourth-order valence-electron chi connectivity index (χ4n) is 1.80. The van der Waals surface area contributed by atoms with E-state index in [-0.39, 0.29) is 5.82 Å². The average molecular weight is 297 g/mol. The Hall–Kier alpha value is -2.40. The van der Waals surface area contributed by atoms with Gasteiger partial charge in [-0.25, -0.2) is 14.4 Å². The van der Waals surface area contributed by atoms with E-state index >= 15 is 0 Å². The molecule has 104 valence electrons. The van der Waals surface area contributed by atoms with Crippen LogP contribution in [0.1, 0.15) is 0 Å². The first-order chi connectivity index (χ1) is 10.3. The number of nitrogens with one attached hydrogen (secondary N) is 1. The number of anilines is 2. The molecule has 0 bridgehead atoms. The predicted molar refractivity (Wildman–Crippen MR) is 82.3 cm³/mol. The van der Waals surface area contributed by atoms with Crippen molar-refractivity contribution in [2.24, 2.45) is 0 Å². The maximum atomic E-state index is 14.1. The molecule has 5 heteroatoms. The van der Waals surface area contributed by atoms with Crippen LogP contribution in [0.4, 0.5) is 16.0 Å². The number of nitrogens with zero attached hydrogens (tertiary/aromatic N) is 2. The molecule has 0 fully saturated rings. The molecule has 0 aliphatic rings. The van der Waals surface area contributed by atoms with Crippen LogP contribution in [0.25, 0.3) is 0 Å². The molecule has 0 aliphatic carbocycles. The molecule has 0 unspecified atom stereocenters. The van der Waals surface area contributed by atoms with E-state index in [0.717, 1.165) is 9.79 Å². The van der Waals surface area contributed by atoms with Crippen LogP contribution in [-0.4, -0.2) is 9.97 Å². The van der Waals surface area contributed by atoms with E-state index in [1.54, 1.807) is 24.5 Å². The first-order valence-corrected chi connectivity index (χ1v) is 7.20. The van der Waals surface area contributed by atoms with Crippen molar-refractivity contribution >= 4 is 23.4 Å². The summed E-state index contributed by atoms with van der Waals surface area (Å²) in [5.41, 5.74) is 0.387. The Morgan fingerprint density at radius 2 is 1.62 bits per heavy atom. The molecule has 0 amide bonds. The predicted octanol–water partition coefficient (Wildman–Crippen LogP) is 4.51. The van der Waals surface area contributed by atoms with Crippen LogP contribution < -0.4 is 5.32 Å². The van der Waals surface area contributed by atoms with E-state index in [2.05, 4.69) is 15.3 Å². The van der Waals surface area contributed by atoms with Gasteiger partial charge in [0.05, 0.1) is 5.69 Å². The molecule has 3 rings (SSSR count). The molecular weight excluding hydrogens is 285 g/mol. The fourth-order valence-corrected chi connectivity index (χ4v) is 2.75. The van der Waals surface area contributed by atoms with Gasteiger partial charge in [-0.05, 0) is 30.3 Å². The zero-order chi connectivity index (χ0) is 14.5. The third-order valence-corrected chi connectivity index (χ3v) is 3.82. The zero-order valence-electron chi connectivity index (χ0n) is 11.0. The van der Waals surface area contributed by atoms with Gasteiger partial charge in [-0.15, -0.1) is 0 Å². The van der Waals surface area contributed by atoms with Crippen LogP contribution in [0.2, 0.25) is 0 Å². The van der Waals surface area contributed by atoms with E-state index in [1.807, 2.05) is 36.4 Å². The van der Waals surface area contributed by atoms with E-state index in [4.69, 9.17) is 0 Å². The molecule has 1 N–H and O–H groups in total. The number of aromatic nitrogens is 2. The van der Waals surface area contributed by atoms with Crippen molar-refractivity contribution in [3.05, 3.63) is 72.8 Å². The minimum atomic E-state index is -0.330. The van der Waals surface area contributed by atoms with Crippen molar-refractivity contribution in [3.63, 3.8) is 0 Å². The molecule has 2 aromatic carbocycles. The number of benzene rings is 2. The smallest absolute Gasteiger partial charge is 0.227 e. The normalized spacial score (nSPS) is 10.3. The summed E-state index contributed by atoms with van der Waals surface area (Å²) >= 11 is 1.49. The second kappa shape index (κ2) is 6.37. The first kappa shape index (κ1) is 13.6. The van der Waals surface area contributed by atoms with Gasteiger partial charge in [0.2, 0.25) is 5.95 Å². The molecule has 1 aromatic heterocycles. The molecule has 0 radical (unpaired) electrons. The highest BCUT2D eigenvalue weighted by atomic mass is 32.2. The second-order valence-corrected chi connectivity index (χ2v) is 5.34. The van der Waals surface area contributed by atoms with Gasteiger partial charge in [-0.2, -0.15) is 0 Å². The van der Waals surface area contributed by atoms with Gasteiger partial charge < -0.3 is 5.32 Å². The van der Waals surface area contributed by atoms with E-state index in [9.17, 15) is 4.39 Å². The largest absolute Gasteiger partial charge is 0.321 e. The monoisotopic (exact) mass is 297 g/mol. The third-order valence-electron chi connectivity index (χ3n) is 2.75. The number of rotatable bonds is 4. The number of hydrogen-bond donors (Lipinski definition) is 1. The maximum Gasteiger partial charge on any atom is 0.227 e. The van der Waals surface area contributed by atoms with E-state index < -0.39 is 0 Å². The lowest BCUT2D eigenvalue weighted by molar-refractivity contribution is 0.628. The standard InChI is InChI=1S/C16H12FN3S/c17-13-8-4-9-14(21-12-6-2-1-3-7-12)15(13)20-16-18-10-5-11-19-16/h1-11H,(H,18,19,20). The summed E-state index contributed by atoms with van der Waals surface area (Å²) in [7, 11) is 0. The Morgan fingerprint density at radius 1 is 0.857 bits per heavy atom. The molecule has 0 spiro atoms. The summed E-state index contributed by atoms with van der Waals surface area (Å²) in [6.45, 7) is 0. The second-order valence-electron chi connectivity index (χ2n) is 4.23. The van der Waals surface area contributed by atoms with E-state index in [0.29, 0.717) is 11.6 Å². The van der Waals surface area contributed by atoms with Crippen molar-refractivity contribution in [1.29, 1.82) is 0 Å². The molecule has 0 saturated heterocycles. The van der Waals surface area contributed by atoms with Gasteiger partial charge in [-0.3, -0.25) is 0 Å². The van der Waals surface area contributed by atoms with Crippen molar-refractivity contribution in [1.82, 2.24) is 9.97 Å². The summed E-state index contributed by atoms with van der Waals surface area (Å²) < 4.78 is 14.1. The average Bonchev–Trinajstić information content (AvgIpc) is 2.53. The Kier molecular flexibility index (Phi) is 4.12. The first-order valence-electron chi connectivity index (χ1n) is 6.38. The lowest BCUT2D eigenvalue weighted by Crippen LogP contribution is -1.99. The summed E-state index contributed by atoms with van der Waals surface area (Å²) in [5.74, 6) is 0.0425. The highest BCUT2D eigenvalue weighted by Gasteiger charge is 2.11. The Morgan fingerprint density at radius 3 is 2.38 bits per heavy atom. The van der Waals surface area contributed by atoms with Crippen LogP contribution in [0, 0.1) is 5.82 Å². The zero-order valence-corrected chi connectivity index (χ0v) is 11.8. The van der Waals surface area contributed by atoms with Gasteiger partial charge in [0.1, 0.15) is 5.82 Å². The molecule has 3 aromatic rings.